The van der Waals surface area contributed by atoms with E-state index in [0.717, 1.165) is 31.4 Å². The molecule has 38 heavy (non-hydrogen) atoms. The predicted molar refractivity (Wildman–Crippen MR) is 130 cm³/mol. The van der Waals surface area contributed by atoms with Crippen molar-refractivity contribution in [1.29, 1.82) is 0 Å². The molecule has 0 atom stereocenters. The number of hydrogen-bond acceptors (Lipinski definition) is 5. The van der Waals surface area contributed by atoms with Crippen LogP contribution in [0.4, 0.5) is 18.9 Å². The van der Waals surface area contributed by atoms with Gasteiger partial charge in [-0.25, -0.2) is 9.59 Å². The number of amides is 1. The highest BCUT2D eigenvalue weighted by Crippen LogP contribution is 2.60. The molecule has 198 valence electrons. The number of carbonyl (C=O) groups excluding carboxylic acids is 3. The maximum absolute atomic E-state index is 13.3. The molecule has 10 heteroatoms. The van der Waals surface area contributed by atoms with Crippen molar-refractivity contribution in [3.8, 4) is 5.75 Å². The molecule has 3 aromatic rings. The standard InChI is InChI=1S/C28H25F3N2O5/c29-28(30,31)38-21-4-5-22-19(10-21)11-23(33-22)25(35)37-24(34)18-2-1-3-20(9-18)32-26(36)27-12-15-6-16(13-27)8-17(7-15)14-27/h1-5,9-11,15-17,33H,6-8,12-14H2,(H,32,36). The van der Waals surface area contributed by atoms with Gasteiger partial charge in [0.05, 0.1) is 11.0 Å². The van der Waals surface area contributed by atoms with Crippen LogP contribution in [-0.4, -0.2) is 29.2 Å². The number of anilines is 1. The van der Waals surface area contributed by atoms with Gasteiger partial charge in [-0.15, -0.1) is 13.2 Å². The Morgan fingerprint density at radius 3 is 2.24 bits per heavy atom. The number of esters is 2. The van der Waals surface area contributed by atoms with Crippen LogP contribution in [0.1, 0.15) is 59.4 Å². The first-order chi connectivity index (χ1) is 18.0. The first-order valence-electron chi connectivity index (χ1n) is 12.6. The fourth-order valence-electron chi connectivity index (χ4n) is 6.99. The second-order valence-corrected chi connectivity index (χ2v) is 10.9. The first-order valence-corrected chi connectivity index (χ1v) is 12.6. The molecule has 0 spiro atoms. The molecular formula is C28H25F3N2O5. The number of aromatic amines is 1. The van der Waals surface area contributed by atoms with Gasteiger partial charge in [0, 0.05) is 16.6 Å². The van der Waals surface area contributed by atoms with E-state index in [1.807, 2.05) is 0 Å². The van der Waals surface area contributed by atoms with Gasteiger partial charge in [-0.05, 0) is 98.7 Å². The smallest absolute Gasteiger partial charge is 0.406 e. The first kappa shape index (κ1) is 24.5. The molecule has 0 saturated heterocycles. The summed E-state index contributed by atoms with van der Waals surface area (Å²) in [5.74, 6) is -0.501. The fraction of sp³-hybridized carbons (Fsp3) is 0.393. The van der Waals surface area contributed by atoms with Crippen molar-refractivity contribution >= 4 is 34.4 Å². The van der Waals surface area contributed by atoms with Crippen LogP contribution in [-0.2, 0) is 9.53 Å². The highest BCUT2D eigenvalue weighted by Gasteiger charge is 2.54. The minimum absolute atomic E-state index is 0.00913. The van der Waals surface area contributed by atoms with E-state index in [1.54, 1.807) is 12.1 Å². The Morgan fingerprint density at radius 1 is 0.895 bits per heavy atom. The molecular weight excluding hydrogens is 501 g/mol. The normalized spacial score (nSPS) is 25.8. The van der Waals surface area contributed by atoms with Crippen LogP contribution in [0.25, 0.3) is 10.9 Å². The van der Waals surface area contributed by atoms with E-state index in [-0.39, 0.29) is 28.0 Å². The molecule has 1 amide bonds. The summed E-state index contributed by atoms with van der Waals surface area (Å²) in [5, 5.41) is 3.27. The molecule has 2 N–H and O–H groups in total. The lowest BCUT2D eigenvalue weighted by Crippen LogP contribution is -2.51. The Balaban J connectivity index is 1.13. The maximum Gasteiger partial charge on any atom is 0.573 e. The van der Waals surface area contributed by atoms with Crippen molar-refractivity contribution in [2.45, 2.75) is 44.9 Å². The summed E-state index contributed by atoms with van der Waals surface area (Å²) in [6.07, 6.45) is 1.56. The molecule has 2 aromatic carbocycles. The van der Waals surface area contributed by atoms with Crippen molar-refractivity contribution in [2.24, 2.45) is 23.2 Å². The molecule has 0 unspecified atom stereocenters. The van der Waals surface area contributed by atoms with Crippen LogP contribution >= 0.6 is 0 Å². The molecule has 1 aromatic heterocycles. The fourth-order valence-corrected chi connectivity index (χ4v) is 6.99. The lowest BCUT2D eigenvalue weighted by molar-refractivity contribution is -0.274. The van der Waals surface area contributed by atoms with E-state index in [4.69, 9.17) is 4.74 Å². The lowest BCUT2D eigenvalue weighted by atomic mass is 9.49. The van der Waals surface area contributed by atoms with Gasteiger partial charge >= 0.3 is 18.3 Å². The number of benzene rings is 2. The van der Waals surface area contributed by atoms with Crippen LogP contribution in [0.15, 0.2) is 48.5 Å². The number of halogens is 3. The van der Waals surface area contributed by atoms with E-state index in [9.17, 15) is 27.6 Å². The van der Waals surface area contributed by atoms with E-state index in [1.165, 1.54) is 43.5 Å². The van der Waals surface area contributed by atoms with Gasteiger partial charge in [0.15, 0.2) is 0 Å². The number of H-pyrrole nitrogens is 1. The SMILES string of the molecule is O=C(OC(=O)c1cc2cc(OC(F)(F)F)ccc2[nH]1)c1cccc(NC(=O)C23CC4CC(CC(C4)C2)C3)c1. The van der Waals surface area contributed by atoms with Gasteiger partial charge in [-0.1, -0.05) is 6.07 Å². The minimum atomic E-state index is -4.85. The Bertz CT molecular complexity index is 1410. The predicted octanol–water partition coefficient (Wildman–Crippen LogP) is 6.22. The van der Waals surface area contributed by atoms with E-state index >= 15 is 0 Å². The summed E-state index contributed by atoms with van der Waals surface area (Å²) in [7, 11) is 0. The average Bonchev–Trinajstić information content (AvgIpc) is 3.26. The van der Waals surface area contributed by atoms with Crippen LogP contribution in [0.5, 0.6) is 5.75 Å². The molecule has 1 heterocycles. The second kappa shape index (κ2) is 8.89. The summed E-state index contributed by atoms with van der Waals surface area (Å²) < 4.78 is 46.3. The summed E-state index contributed by atoms with van der Waals surface area (Å²) in [5.41, 5.74) is 0.452. The molecule has 0 aliphatic heterocycles. The molecule has 4 fully saturated rings. The van der Waals surface area contributed by atoms with Crippen molar-refractivity contribution in [2.75, 3.05) is 5.32 Å². The number of rotatable bonds is 5. The summed E-state index contributed by atoms with van der Waals surface area (Å²) >= 11 is 0. The van der Waals surface area contributed by atoms with Crippen LogP contribution in [0, 0.1) is 23.2 Å². The average molecular weight is 527 g/mol. The zero-order chi connectivity index (χ0) is 26.7. The molecule has 0 radical (unpaired) electrons. The molecule has 4 aliphatic carbocycles. The summed E-state index contributed by atoms with van der Waals surface area (Å²) in [6, 6.07) is 11.1. The van der Waals surface area contributed by atoms with Gasteiger partial charge in [0.1, 0.15) is 11.4 Å². The Kier molecular flexibility index (Phi) is 5.73. The molecule has 7 rings (SSSR count). The monoisotopic (exact) mass is 526 g/mol. The third-order valence-electron chi connectivity index (χ3n) is 8.11. The van der Waals surface area contributed by atoms with E-state index in [2.05, 4.69) is 15.0 Å². The zero-order valence-corrected chi connectivity index (χ0v) is 20.3. The van der Waals surface area contributed by atoms with Crippen LogP contribution in [0.3, 0.4) is 0 Å². The molecule has 7 nitrogen and oxygen atoms in total. The Hall–Kier alpha value is -3.82. The number of nitrogens with one attached hydrogen (secondary N) is 2. The van der Waals surface area contributed by atoms with Gasteiger partial charge in [-0.3, -0.25) is 4.79 Å². The highest BCUT2D eigenvalue weighted by atomic mass is 19.4. The molecule has 4 saturated carbocycles. The van der Waals surface area contributed by atoms with Gasteiger partial charge in [0.2, 0.25) is 5.91 Å². The number of fused-ring (bicyclic) bond motifs is 1. The van der Waals surface area contributed by atoms with Gasteiger partial charge < -0.3 is 19.8 Å². The van der Waals surface area contributed by atoms with Gasteiger partial charge in [0.25, 0.3) is 0 Å². The van der Waals surface area contributed by atoms with Crippen molar-refractivity contribution < 1.29 is 37.0 Å². The van der Waals surface area contributed by atoms with E-state index < -0.39 is 24.1 Å². The summed E-state index contributed by atoms with van der Waals surface area (Å²) in [6.45, 7) is 0. The minimum Gasteiger partial charge on any atom is -0.406 e. The lowest BCUT2D eigenvalue weighted by Gasteiger charge is -2.55. The number of ether oxygens (including phenoxy) is 2. The van der Waals surface area contributed by atoms with Crippen LogP contribution < -0.4 is 10.1 Å². The van der Waals surface area contributed by atoms with Crippen molar-refractivity contribution in [1.82, 2.24) is 4.98 Å². The Morgan fingerprint density at radius 2 is 1.58 bits per heavy atom. The highest BCUT2D eigenvalue weighted by molar-refractivity contribution is 6.04. The van der Waals surface area contributed by atoms with E-state index in [0.29, 0.717) is 29.0 Å². The van der Waals surface area contributed by atoms with Crippen molar-refractivity contribution in [3.05, 3.63) is 59.8 Å². The topological polar surface area (TPSA) is 97.5 Å². The second-order valence-electron chi connectivity index (χ2n) is 10.9. The van der Waals surface area contributed by atoms with Gasteiger partial charge in [-0.2, -0.15) is 0 Å². The third kappa shape index (κ3) is 4.75. The number of alkyl halides is 3. The maximum atomic E-state index is 13.3. The summed E-state index contributed by atoms with van der Waals surface area (Å²) in [4.78, 5) is 41.3. The third-order valence-corrected chi connectivity index (χ3v) is 8.11. The molecule has 4 bridgehead atoms. The van der Waals surface area contributed by atoms with Crippen molar-refractivity contribution in [3.63, 3.8) is 0 Å². The zero-order valence-electron chi connectivity index (χ0n) is 20.3. The number of hydrogen-bond donors (Lipinski definition) is 2. The quantitative estimate of drug-likeness (QED) is 0.304. The largest absolute Gasteiger partial charge is 0.573 e. The number of aromatic nitrogens is 1. The Labute approximate surface area is 215 Å². The van der Waals surface area contributed by atoms with Crippen LogP contribution in [0.2, 0.25) is 0 Å². The molecule has 4 aliphatic rings. The number of carbonyl (C=O) groups is 3.